The van der Waals surface area contributed by atoms with Gasteiger partial charge >= 0.3 is 0 Å². The van der Waals surface area contributed by atoms with E-state index >= 15 is 0 Å². The first-order chi connectivity index (χ1) is 14.6. The minimum atomic E-state index is -0.552. The van der Waals surface area contributed by atoms with Gasteiger partial charge in [0.05, 0.1) is 23.4 Å². The lowest BCUT2D eigenvalue weighted by Crippen LogP contribution is -2.53. The molecule has 0 unspecified atom stereocenters. The van der Waals surface area contributed by atoms with Gasteiger partial charge in [-0.15, -0.1) is 11.3 Å². The van der Waals surface area contributed by atoms with E-state index in [-0.39, 0.29) is 23.3 Å². The lowest BCUT2D eigenvalue weighted by atomic mass is 9.78. The summed E-state index contributed by atoms with van der Waals surface area (Å²) in [5.41, 5.74) is 1.63. The first-order valence-corrected chi connectivity index (χ1v) is 10.9. The number of pyridine rings is 1. The Morgan fingerprint density at radius 1 is 1.30 bits per heavy atom. The molecule has 0 radical (unpaired) electrons. The van der Waals surface area contributed by atoms with Crippen LogP contribution in [0.1, 0.15) is 34.8 Å². The highest BCUT2D eigenvalue weighted by Crippen LogP contribution is 2.42. The van der Waals surface area contributed by atoms with Crippen LogP contribution in [-0.4, -0.2) is 38.5 Å². The van der Waals surface area contributed by atoms with Crippen molar-refractivity contribution in [3.8, 4) is 0 Å². The molecule has 1 saturated heterocycles. The molecule has 0 saturated carbocycles. The zero-order chi connectivity index (χ0) is 20.7. The summed E-state index contributed by atoms with van der Waals surface area (Å²) < 4.78 is 1.70. The summed E-state index contributed by atoms with van der Waals surface area (Å²) in [4.78, 5) is 41.3. The number of piperidine rings is 1. The van der Waals surface area contributed by atoms with E-state index in [9.17, 15) is 9.59 Å². The number of hydrogen-bond donors (Lipinski definition) is 1. The van der Waals surface area contributed by atoms with E-state index < -0.39 is 6.04 Å². The number of carbonyl (C=O) groups excluding carboxylic acids is 1. The topological polar surface area (TPSA) is 93.0 Å². The molecule has 30 heavy (non-hydrogen) atoms. The van der Waals surface area contributed by atoms with Crippen LogP contribution < -0.4 is 15.8 Å². The van der Waals surface area contributed by atoms with E-state index in [2.05, 4.69) is 25.2 Å². The van der Waals surface area contributed by atoms with Crippen molar-refractivity contribution in [3.63, 3.8) is 0 Å². The van der Waals surface area contributed by atoms with Crippen molar-refractivity contribution >= 4 is 23.1 Å². The zero-order valence-electron chi connectivity index (χ0n) is 16.6. The smallest absolute Gasteiger partial charge is 0.251 e. The highest BCUT2D eigenvalue weighted by Gasteiger charge is 2.44. The molecule has 3 aromatic rings. The van der Waals surface area contributed by atoms with Gasteiger partial charge in [-0.3, -0.25) is 19.1 Å². The summed E-state index contributed by atoms with van der Waals surface area (Å²) >= 11 is 1.56. The average Bonchev–Trinajstić information content (AvgIpc) is 3.18. The number of anilines is 1. The maximum atomic E-state index is 13.3. The number of thiazole rings is 1. The van der Waals surface area contributed by atoms with E-state index in [0.29, 0.717) is 13.1 Å². The summed E-state index contributed by atoms with van der Waals surface area (Å²) in [5, 5.41) is 5.92. The van der Waals surface area contributed by atoms with Crippen molar-refractivity contribution < 1.29 is 4.79 Å². The Kier molecular flexibility index (Phi) is 4.82. The van der Waals surface area contributed by atoms with E-state index in [0.717, 1.165) is 35.2 Å². The monoisotopic (exact) mass is 422 g/mol. The summed E-state index contributed by atoms with van der Waals surface area (Å²) in [7, 11) is 0. The van der Waals surface area contributed by atoms with E-state index in [4.69, 9.17) is 0 Å². The molecule has 2 bridgehead atoms. The van der Waals surface area contributed by atoms with Crippen LogP contribution in [0.2, 0.25) is 0 Å². The molecule has 5 heterocycles. The standard InChI is InChI=1S/C21H22N6O2S/c1-13-25-16(12-30-13)8-24-21(29)20-15-7-14(17-3-2-4-19(28)27(17)20)10-26(11-15)18-9-22-5-6-23-18/h2-6,9,12,14-15,20H,7-8,10-11H2,1H3,(H,24,29)/t14-,15+,20+/m0/s1. The van der Waals surface area contributed by atoms with Crippen molar-refractivity contribution in [2.45, 2.75) is 31.8 Å². The third-order valence-corrected chi connectivity index (χ3v) is 6.72. The number of hydrogen-bond acceptors (Lipinski definition) is 7. The first-order valence-electron chi connectivity index (χ1n) is 10.0. The highest BCUT2D eigenvalue weighted by molar-refractivity contribution is 7.09. The molecule has 8 nitrogen and oxygen atoms in total. The number of fused-ring (bicyclic) bond motifs is 4. The van der Waals surface area contributed by atoms with Crippen LogP contribution >= 0.6 is 11.3 Å². The largest absolute Gasteiger partial charge is 0.354 e. The van der Waals surface area contributed by atoms with Crippen LogP contribution in [-0.2, 0) is 11.3 Å². The molecule has 0 aliphatic carbocycles. The second-order valence-electron chi connectivity index (χ2n) is 7.84. The van der Waals surface area contributed by atoms with Gasteiger partial charge in [-0.25, -0.2) is 9.97 Å². The second-order valence-corrected chi connectivity index (χ2v) is 8.90. The molecule has 0 spiro atoms. The molecule has 0 aromatic carbocycles. The van der Waals surface area contributed by atoms with Crippen molar-refractivity contribution in [3.05, 3.63) is 68.9 Å². The predicted molar refractivity (Wildman–Crippen MR) is 114 cm³/mol. The van der Waals surface area contributed by atoms with Crippen LogP contribution in [0.3, 0.4) is 0 Å². The zero-order valence-corrected chi connectivity index (χ0v) is 17.4. The normalized spacial score (nSPS) is 22.4. The molecule has 2 aliphatic rings. The number of nitrogens with one attached hydrogen (secondary N) is 1. The van der Waals surface area contributed by atoms with E-state index in [1.807, 2.05) is 18.4 Å². The molecular weight excluding hydrogens is 400 g/mol. The second kappa shape index (κ2) is 7.64. The number of carbonyl (C=O) groups is 1. The number of nitrogens with zero attached hydrogens (tertiary/aromatic N) is 5. The molecule has 1 fully saturated rings. The van der Waals surface area contributed by atoms with Crippen LogP contribution in [0, 0.1) is 12.8 Å². The van der Waals surface area contributed by atoms with Crippen LogP contribution in [0.15, 0.2) is 47.0 Å². The van der Waals surface area contributed by atoms with E-state index in [1.165, 1.54) is 6.07 Å². The summed E-state index contributed by atoms with van der Waals surface area (Å²) in [6.45, 7) is 3.71. The minimum Gasteiger partial charge on any atom is -0.354 e. The van der Waals surface area contributed by atoms with Crippen molar-refractivity contribution in [1.29, 1.82) is 0 Å². The molecule has 1 N–H and O–H groups in total. The van der Waals surface area contributed by atoms with Gasteiger partial charge in [0.2, 0.25) is 5.91 Å². The van der Waals surface area contributed by atoms with Crippen molar-refractivity contribution in [2.24, 2.45) is 5.92 Å². The predicted octanol–water partition coefficient (Wildman–Crippen LogP) is 1.88. The van der Waals surface area contributed by atoms with Gasteiger partial charge < -0.3 is 10.2 Å². The van der Waals surface area contributed by atoms with Gasteiger partial charge in [0.25, 0.3) is 5.56 Å². The molecular formula is C21H22N6O2S. The van der Waals surface area contributed by atoms with Crippen LogP contribution in [0.4, 0.5) is 5.82 Å². The fourth-order valence-electron chi connectivity index (χ4n) is 4.68. The molecule has 2 aliphatic heterocycles. The third kappa shape index (κ3) is 3.39. The number of aryl methyl sites for hydroxylation is 1. The average molecular weight is 423 g/mol. The Morgan fingerprint density at radius 3 is 2.97 bits per heavy atom. The Hall–Kier alpha value is -3.07. The van der Waals surface area contributed by atoms with E-state index in [1.54, 1.807) is 40.6 Å². The van der Waals surface area contributed by atoms with Gasteiger partial charge in [-0.05, 0) is 19.4 Å². The Labute approximate surface area is 177 Å². The fraction of sp³-hybridized carbons (Fsp3) is 0.381. The quantitative estimate of drug-likeness (QED) is 0.690. The molecule has 9 heteroatoms. The molecule has 1 amide bonds. The van der Waals surface area contributed by atoms with Gasteiger partial charge in [0.1, 0.15) is 11.9 Å². The van der Waals surface area contributed by atoms with Gasteiger partial charge in [0, 0.05) is 54.5 Å². The molecule has 3 atom stereocenters. The van der Waals surface area contributed by atoms with Crippen molar-refractivity contribution in [1.82, 2.24) is 24.8 Å². The first kappa shape index (κ1) is 18.9. The number of aromatic nitrogens is 4. The number of amides is 1. The van der Waals surface area contributed by atoms with Gasteiger partial charge in [-0.1, -0.05) is 6.07 Å². The Balaban J connectivity index is 1.47. The van der Waals surface area contributed by atoms with Crippen LogP contribution in [0.25, 0.3) is 0 Å². The summed E-state index contributed by atoms with van der Waals surface area (Å²) in [5.74, 6) is 0.844. The number of rotatable bonds is 4. The highest BCUT2D eigenvalue weighted by atomic mass is 32.1. The molecule has 3 aromatic heterocycles. The Bertz CT molecular complexity index is 1130. The summed E-state index contributed by atoms with van der Waals surface area (Å²) in [6.07, 6.45) is 5.95. The maximum Gasteiger partial charge on any atom is 0.251 e. The van der Waals surface area contributed by atoms with Gasteiger partial charge in [0.15, 0.2) is 0 Å². The fourth-order valence-corrected chi connectivity index (χ4v) is 5.30. The Morgan fingerprint density at radius 2 is 2.20 bits per heavy atom. The molecule has 5 rings (SSSR count). The van der Waals surface area contributed by atoms with Gasteiger partial charge in [-0.2, -0.15) is 0 Å². The summed E-state index contributed by atoms with van der Waals surface area (Å²) in [6, 6.07) is 4.73. The lowest BCUT2D eigenvalue weighted by Gasteiger charge is -2.46. The SMILES string of the molecule is Cc1nc(CNC(=O)[C@H]2[C@@H]3C[C@@H](CN(c4cnccn4)C3)c3cccc(=O)n32)cs1. The maximum absolute atomic E-state index is 13.3. The lowest BCUT2D eigenvalue weighted by molar-refractivity contribution is -0.127. The molecule has 154 valence electrons. The third-order valence-electron chi connectivity index (χ3n) is 5.90. The minimum absolute atomic E-state index is 0.00975. The van der Waals surface area contributed by atoms with Crippen molar-refractivity contribution in [2.75, 3.05) is 18.0 Å². The van der Waals surface area contributed by atoms with Crippen LogP contribution in [0.5, 0.6) is 0 Å².